The molecule has 0 radical (unpaired) electrons. The zero-order valence-corrected chi connectivity index (χ0v) is 22.0. The normalized spacial score (nSPS) is 13.2. The third-order valence-electron chi connectivity index (χ3n) is 5.20. The van der Waals surface area contributed by atoms with Gasteiger partial charge in [0.15, 0.2) is 5.76 Å². The molecule has 2 rings (SSSR count). The van der Waals surface area contributed by atoms with Crippen molar-refractivity contribution in [1.29, 1.82) is 5.26 Å². The summed E-state index contributed by atoms with van der Waals surface area (Å²) in [4.78, 5) is 12.1. The Labute approximate surface area is 207 Å². The largest absolute Gasteiger partial charge is 0.511 e. The van der Waals surface area contributed by atoms with Crippen molar-refractivity contribution < 1.29 is 19.0 Å². The van der Waals surface area contributed by atoms with Gasteiger partial charge in [0, 0.05) is 14.0 Å². The van der Waals surface area contributed by atoms with E-state index in [1.54, 1.807) is 25.6 Å². The zero-order valence-electron chi connectivity index (χ0n) is 21.2. The van der Waals surface area contributed by atoms with Crippen LogP contribution < -0.4 is 0 Å². The van der Waals surface area contributed by atoms with Gasteiger partial charge in [-0.05, 0) is 35.8 Å². The van der Waals surface area contributed by atoms with Crippen LogP contribution in [-0.4, -0.2) is 28.8 Å². The molecular formula is C26H34ClN3O4. The van der Waals surface area contributed by atoms with Crippen LogP contribution in [0.15, 0.2) is 24.3 Å². The fourth-order valence-corrected chi connectivity index (χ4v) is 3.48. The first-order valence-electron chi connectivity index (χ1n) is 11.3. The van der Waals surface area contributed by atoms with Crippen LogP contribution in [0.2, 0.25) is 5.02 Å². The van der Waals surface area contributed by atoms with Gasteiger partial charge in [-0.1, -0.05) is 70.5 Å². The van der Waals surface area contributed by atoms with E-state index in [4.69, 9.17) is 25.8 Å². The third kappa shape index (κ3) is 7.01. The predicted molar refractivity (Wildman–Crippen MR) is 133 cm³/mol. The maximum absolute atomic E-state index is 12.1. The van der Waals surface area contributed by atoms with E-state index < -0.39 is 12.4 Å². The van der Waals surface area contributed by atoms with Crippen molar-refractivity contribution in [2.24, 2.45) is 13.0 Å². The molecule has 34 heavy (non-hydrogen) atoms. The van der Waals surface area contributed by atoms with Crippen LogP contribution >= 0.6 is 11.6 Å². The van der Waals surface area contributed by atoms with Gasteiger partial charge in [-0.25, -0.2) is 4.79 Å². The number of hydrogen-bond acceptors (Lipinski definition) is 6. The highest BCUT2D eigenvalue weighted by Gasteiger charge is 2.25. The van der Waals surface area contributed by atoms with E-state index in [0.717, 1.165) is 12.0 Å². The lowest BCUT2D eigenvalue weighted by atomic mass is 9.86. The summed E-state index contributed by atoms with van der Waals surface area (Å²) in [5, 5.41) is 14.8. The molecular weight excluding hydrogens is 454 g/mol. The quantitative estimate of drug-likeness (QED) is 0.180. The number of ether oxygens (including phenoxy) is 3. The first-order valence-corrected chi connectivity index (χ1v) is 11.7. The lowest BCUT2D eigenvalue weighted by molar-refractivity contribution is -0.0676. The molecule has 1 aromatic carbocycles. The number of halogens is 1. The Morgan fingerprint density at radius 2 is 1.79 bits per heavy atom. The minimum Gasteiger partial charge on any atom is -0.451 e. The van der Waals surface area contributed by atoms with Gasteiger partial charge in [-0.2, -0.15) is 10.4 Å². The highest BCUT2D eigenvalue weighted by Crippen LogP contribution is 2.35. The minimum atomic E-state index is -1.04. The number of nitriles is 1. The van der Waals surface area contributed by atoms with E-state index in [-0.39, 0.29) is 23.4 Å². The molecule has 0 aliphatic rings. The van der Waals surface area contributed by atoms with Crippen molar-refractivity contribution in [3.8, 4) is 6.07 Å². The molecule has 0 N–H and O–H groups in total. The van der Waals surface area contributed by atoms with E-state index in [2.05, 4.69) is 31.9 Å². The average molecular weight is 488 g/mol. The van der Waals surface area contributed by atoms with Crippen LogP contribution in [0.25, 0.3) is 11.3 Å². The van der Waals surface area contributed by atoms with Gasteiger partial charge < -0.3 is 14.2 Å². The Balaban J connectivity index is 2.44. The molecule has 0 aliphatic carbocycles. The predicted octanol–water partition coefficient (Wildman–Crippen LogP) is 6.63. The first kappa shape index (κ1) is 27.3. The fraction of sp³-hybridized carbons (Fsp3) is 0.500. The zero-order chi connectivity index (χ0) is 25.6. The lowest BCUT2D eigenvalue weighted by Gasteiger charge is -2.21. The summed E-state index contributed by atoms with van der Waals surface area (Å²) in [5.41, 5.74) is 2.99. The van der Waals surface area contributed by atoms with Gasteiger partial charge >= 0.3 is 6.16 Å². The van der Waals surface area contributed by atoms with E-state index in [1.165, 1.54) is 0 Å². The number of allylic oxidation sites excluding steroid dienone is 1. The summed E-state index contributed by atoms with van der Waals surface area (Å²) >= 11 is 6.53. The van der Waals surface area contributed by atoms with Crippen LogP contribution in [0.4, 0.5) is 4.79 Å². The second-order valence-corrected chi connectivity index (χ2v) is 9.98. The Morgan fingerprint density at radius 1 is 1.18 bits per heavy atom. The van der Waals surface area contributed by atoms with Crippen molar-refractivity contribution in [3.63, 3.8) is 0 Å². The van der Waals surface area contributed by atoms with Crippen molar-refractivity contribution in [1.82, 2.24) is 9.78 Å². The van der Waals surface area contributed by atoms with E-state index in [0.29, 0.717) is 27.9 Å². The molecule has 0 spiro atoms. The lowest BCUT2D eigenvalue weighted by Crippen LogP contribution is -2.20. The number of carbonyl (C=O) groups is 1. The molecule has 7 nitrogen and oxygen atoms in total. The highest BCUT2D eigenvalue weighted by atomic mass is 35.5. The average Bonchev–Trinajstić information content (AvgIpc) is 2.98. The van der Waals surface area contributed by atoms with Crippen molar-refractivity contribution >= 4 is 29.1 Å². The molecule has 0 bridgehead atoms. The smallest absolute Gasteiger partial charge is 0.451 e. The van der Waals surface area contributed by atoms with Crippen LogP contribution in [-0.2, 0) is 26.7 Å². The molecule has 0 fully saturated rings. The Hall–Kier alpha value is -2.98. The summed E-state index contributed by atoms with van der Waals surface area (Å²) in [7, 11) is 1.71. The van der Waals surface area contributed by atoms with Crippen molar-refractivity contribution in [3.05, 3.63) is 51.8 Å². The molecule has 2 aromatic rings. The monoisotopic (exact) mass is 487 g/mol. The van der Waals surface area contributed by atoms with E-state index in [1.807, 2.05) is 38.1 Å². The molecule has 1 aromatic heterocycles. The second-order valence-electron chi connectivity index (χ2n) is 9.60. The van der Waals surface area contributed by atoms with Gasteiger partial charge in [-0.3, -0.25) is 4.68 Å². The number of carbonyl (C=O) groups excluding carboxylic acids is 1. The minimum absolute atomic E-state index is 0.0326. The topological polar surface area (TPSA) is 86.4 Å². The Kier molecular flexibility index (Phi) is 9.17. The summed E-state index contributed by atoms with van der Waals surface area (Å²) < 4.78 is 17.9. The molecule has 0 aliphatic heterocycles. The van der Waals surface area contributed by atoms with Crippen molar-refractivity contribution in [2.75, 3.05) is 6.61 Å². The van der Waals surface area contributed by atoms with Gasteiger partial charge in [0.25, 0.3) is 0 Å². The SMILES string of the molecule is Cc1nn(C)c(/C(OC(C)OC(=O)OCCC(C)C)=C(\C#N)c2ccc(C(C)(C)C)cc2)c1Cl. The number of aromatic nitrogens is 2. The summed E-state index contributed by atoms with van der Waals surface area (Å²) in [5.74, 6) is 0.565. The molecule has 1 atom stereocenters. The van der Waals surface area contributed by atoms with Crippen LogP contribution in [0.3, 0.4) is 0 Å². The second kappa shape index (κ2) is 11.4. The summed E-state index contributed by atoms with van der Waals surface area (Å²) in [6.45, 7) is 14.0. The molecule has 184 valence electrons. The van der Waals surface area contributed by atoms with Crippen LogP contribution in [0.5, 0.6) is 0 Å². The molecule has 0 saturated heterocycles. The fourth-order valence-electron chi connectivity index (χ4n) is 3.23. The number of nitrogens with zero attached hydrogens (tertiary/aromatic N) is 3. The van der Waals surface area contributed by atoms with E-state index in [9.17, 15) is 10.1 Å². The Bertz CT molecular complexity index is 1070. The van der Waals surface area contributed by atoms with E-state index >= 15 is 0 Å². The van der Waals surface area contributed by atoms with Gasteiger partial charge in [0.05, 0.1) is 17.3 Å². The highest BCUT2D eigenvalue weighted by molar-refractivity contribution is 6.33. The molecule has 0 amide bonds. The molecule has 1 heterocycles. The molecule has 8 heteroatoms. The molecule has 0 saturated carbocycles. The van der Waals surface area contributed by atoms with Crippen molar-refractivity contribution in [2.45, 2.75) is 66.6 Å². The number of benzene rings is 1. The number of hydrogen-bond donors (Lipinski definition) is 0. The van der Waals surface area contributed by atoms with Gasteiger partial charge in [-0.15, -0.1) is 0 Å². The summed E-state index contributed by atoms with van der Waals surface area (Å²) in [6.07, 6.45) is -1.15. The van der Waals surface area contributed by atoms with Gasteiger partial charge in [0.2, 0.25) is 6.29 Å². The van der Waals surface area contributed by atoms with Crippen LogP contribution in [0, 0.1) is 24.2 Å². The van der Waals surface area contributed by atoms with Crippen LogP contribution in [0.1, 0.15) is 70.5 Å². The standard InChI is InChI=1S/C26H34ClN3O4/c1-16(2)13-14-32-25(31)34-18(4)33-24(23-22(27)17(3)29-30(23)8)21(15-28)19-9-11-20(12-10-19)26(5,6)7/h9-12,16,18H,13-14H2,1-8H3/b24-21-. The maximum Gasteiger partial charge on any atom is 0.511 e. The summed E-state index contributed by atoms with van der Waals surface area (Å²) in [6, 6.07) is 9.92. The van der Waals surface area contributed by atoms with Gasteiger partial charge in [0.1, 0.15) is 17.3 Å². The maximum atomic E-state index is 12.1. The number of rotatable bonds is 8. The third-order valence-corrected chi connectivity index (χ3v) is 5.66. The Morgan fingerprint density at radius 3 is 2.26 bits per heavy atom. The number of aryl methyl sites for hydroxylation is 2. The first-order chi connectivity index (χ1) is 15.8. The molecule has 1 unspecified atom stereocenters.